The molecule has 1 aliphatic carbocycles. The van der Waals surface area contributed by atoms with Crippen LogP contribution < -0.4 is 0 Å². The standard InChI is InChI=1S/C18H33NO/c1-11(2)19-14-9-10-17(5,6)18(7,8)15(14)12(3)16(19)13(4)20/h11-12,14-16H,9-10H2,1-8H3/t12?,14?,15?,16-/m0/s1. The van der Waals surface area contributed by atoms with Crippen molar-refractivity contribution in [2.45, 2.75) is 86.4 Å². The van der Waals surface area contributed by atoms with E-state index in [9.17, 15) is 4.79 Å². The van der Waals surface area contributed by atoms with Crippen molar-refractivity contribution >= 4 is 5.78 Å². The van der Waals surface area contributed by atoms with Gasteiger partial charge in [-0.15, -0.1) is 0 Å². The maximum Gasteiger partial charge on any atom is 0.147 e. The van der Waals surface area contributed by atoms with E-state index in [2.05, 4.69) is 53.4 Å². The number of Topliss-reactive ketones (excluding diaryl/α,β-unsaturated/α-hetero) is 1. The molecular weight excluding hydrogens is 246 g/mol. The highest BCUT2D eigenvalue weighted by atomic mass is 16.1. The first-order chi connectivity index (χ1) is 9.02. The average molecular weight is 279 g/mol. The van der Waals surface area contributed by atoms with Gasteiger partial charge in [-0.05, 0) is 56.3 Å². The van der Waals surface area contributed by atoms with Gasteiger partial charge in [0.25, 0.3) is 0 Å². The molecule has 0 aromatic carbocycles. The Hall–Kier alpha value is -0.370. The summed E-state index contributed by atoms with van der Waals surface area (Å²) < 4.78 is 0. The van der Waals surface area contributed by atoms with Gasteiger partial charge in [0.15, 0.2) is 0 Å². The van der Waals surface area contributed by atoms with E-state index < -0.39 is 0 Å². The maximum absolute atomic E-state index is 12.2. The zero-order chi connectivity index (χ0) is 15.5. The van der Waals surface area contributed by atoms with E-state index in [4.69, 9.17) is 0 Å². The molecule has 0 bridgehead atoms. The Bertz CT molecular complexity index is 396. The van der Waals surface area contributed by atoms with Gasteiger partial charge in [0.2, 0.25) is 0 Å². The number of hydrogen-bond donors (Lipinski definition) is 0. The van der Waals surface area contributed by atoms with Crippen molar-refractivity contribution in [3.05, 3.63) is 0 Å². The third kappa shape index (κ3) is 2.06. The molecule has 116 valence electrons. The molecular formula is C18H33NO. The molecule has 0 spiro atoms. The first-order valence-electron chi connectivity index (χ1n) is 8.30. The number of nitrogens with zero attached hydrogens (tertiary/aromatic N) is 1. The number of hydrogen-bond acceptors (Lipinski definition) is 2. The molecule has 0 amide bonds. The Labute approximate surface area is 125 Å². The SMILES string of the molecule is CC(=O)[C@@H]1C(C)C2C(CCC(C)(C)C2(C)C)N1C(C)C. The molecule has 2 nitrogen and oxygen atoms in total. The first-order valence-corrected chi connectivity index (χ1v) is 8.30. The fourth-order valence-electron chi connectivity index (χ4n) is 5.24. The number of ketones is 1. The Morgan fingerprint density at radius 2 is 1.75 bits per heavy atom. The molecule has 1 aliphatic heterocycles. The van der Waals surface area contributed by atoms with Crippen LogP contribution in [0.1, 0.15) is 68.2 Å². The van der Waals surface area contributed by atoms with Gasteiger partial charge < -0.3 is 0 Å². The van der Waals surface area contributed by atoms with E-state index in [1.807, 2.05) is 0 Å². The van der Waals surface area contributed by atoms with Crippen LogP contribution in [0.3, 0.4) is 0 Å². The summed E-state index contributed by atoms with van der Waals surface area (Å²) in [7, 11) is 0. The fourth-order valence-corrected chi connectivity index (χ4v) is 5.24. The number of carbonyl (C=O) groups excluding carboxylic acids is 1. The Kier molecular flexibility index (Phi) is 3.86. The second kappa shape index (κ2) is 4.83. The second-order valence-corrected chi connectivity index (χ2v) is 8.69. The minimum absolute atomic E-state index is 0.123. The number of likely N-dealkylation sites (tertiary alicyclic amines) is 1. The monoisotopic (exact) mass is 279 g/mol. The molecule has 2 heteroatoms. The van der Waals surface area contributed by atoms with E-state index in [-0.39, 0.29) is 11.5 Å². The molecule has 3 unspecified atom stereocenters. The average Bonchev–Trinajstić information content (AvgIpc) is 2.58. The van der Waals surface area contributed by atoms with Crippen molar-refractivity contribution in [3.63, 3.8) is 0 Å². The molecule has 1 saturated heterocycles. The predicted molar refractivity (Wildman–Crippen MR) is 84.7 cm³/mol. The third-order valence-electron chi connectivity index (χ3n) is 6.84. The lowest BCUT2D eigenvalue weighted by Crippen LogP contribution is -2.52. The molecule has 1 saturated carbocycles. The smallest absolute Gasteiger partial charge is 0.147 e. The molecule has 0 N–H and O–H groups in total. The van der Waals surface area contributed by atoms with Crippen molar-refractivity contribution in [1.82, 2.24) is 4.90 Å². The minimum Gasteiger partial charge on any atom is -0.298 e. The van der Waals surface area contributed by atoms with Crippen LogP contribution in [0.25, 0.3) is 0 Å². The Balaban J connectivity index is 2.46. The van der Waals surface area contributed by atoms with Crippen molar-refractivity contribution in [3.8, 4) is 0 Å². The summed E-state index contributed by atoms with van der Waals surface area (Å²) in [6.45, 7) is 18.3. The second-order valence-electron chi connectivity index (χ2n) is 8.69. The molecule has 4 atom stereocenters. The van der Waals surface area contributed by atoms with Gasteiger partial charge in [-0.3, -0.25) is 9.69 Å². The van der Waals surface area contributed by atoms with Gasteiger partial charge in [0.05, 0.1) is 6.04 Å². The number of rotatable bonds is 2. The van der Waals surface area contributed by atoms with Crippen LogP contribution in [0, 0.1) is 22.7 Å². The van der Waals surface area contributed by atoms with Crippen LogP contribution in [0.5, 0.6) is 0 Å². The van der Waals surface area contributed by atoms with Gasteiger partial charge in [0.1, 0.15) is 5.78 Å². The molecule has 0 aromatic rings. The van der Waals surface area contributed by atoms with Gasteiger partial charge in [0, 0.05) is 12.1 Å². The molecule has 1 heterocycles. The first kappa shape index (κ1) is 16.0. The molecule has 20 heavy (non-hydrogen) atoms. The lowest BCUT2D eigenvalue weighted by atomic mass is 9.51. The van der Waals surface area contributed by atoms with Gasteiger partial charge in [-0.1, -0.05) is 34.6 Å². The van der Waals surface area contributed by atoms with Crippen LogP contribution in [0.4, 0.5) is 0 Å². The van der Waals surface area contributed by atoms with Crippen LogP contribution >= 0.6 is 0 Å². The van der Waals surface area contributed by atoms with E-state index >= 15 is 0 Å². The lowest BCUT2D eigenvalue weighted by Gasteiger charge is -2.54. The van der Waals surface area contributed by atoms with E-state index in [1.54, 1.807) is 6.92 Å². The number of carbonyl (C=O) groups is 1. The summed E-state index contributed by atoms with van der Waals surface area (Å²) in [5.41, 5.74) is 0.642. The summed E-state index contributed by atoms with van der Waals surface area (Å²) in [6.07, 6.45) is 2.51. The Morgan fingerprint density at radius 3 is 2.20 bits per heavy atom. The van der Waals surface area contributed by atoms with Crippen molar-refractivity contribution in [1.29, 1.82) is 0 Å². The Morgan fingerprint density at radius 1 is 1.20 bits per heavy atom. The van der Waals surface area contributed by atoms with E-state index in [0.717, 1.165) is 0 Å². The fraction of sp³-hybridized carbons (Fsp3) is 0.944. The molecule has 2 aliphatic rings. The maximum atomic E-state index is 12.2. The largest absolute Gasteiger partial charge is 0.298 e. The summed E-state index contributed by atoms with van der Waals surface area (Å²) >= 11 is 0. The highest BCUT2D eigenvalue weighted by Crippen LogP contribution is 2.60. The summed E-state index contributed by atoms with van der Waals surface area (Å²) in [4.78, 5) is 14.8. The zero-order valence-corrected chi connectivity index (χ0v) is 14.7. The van der Waals surface area contributed by atoms with Crippen LogP contribution in [-0.4, -0.2) is 28.8 Å². The summed E-state index contributed by atoms with van der Waals surface area (Å²) in [6, 6.07) is 1.17. The zero-order valence-electron chi connectivity index (χ0n) is 14.7. The van der Waals surface area contributed by atoms with Crippen LogP contribution in [-0.2, 0) is 4.79 Å². The normalized spacial score (nSPS) is 39.9. The molecule has 2 rings (SSSR count). The molecule has 0 radical (unpaired) electrons. The summed E-state index contributed by atoms with van der Waals surface area (Å²) in [5.74, 6) is 1.45. The highest BCUT2D eigenvalue weighted by Gasteiger charge is 2.60. The van der Waals surface area contributed by atoms with Crippen LogP contribution in [0.15, 0.2) is 0 Å². The van der Waals surface area contributed by atoms with E-state index in [0.29, 0.717) is 35.1 Å². The molecule has 0 aromatic heterocycles. The van der Waals surface area contributed by atoms with Gasteiger partial charge in [-0.2, -0.15) is 0 Å². The predicted octanol–water partition coefficient (Wildman–Crippen LogP) is 4.14. The van der Waals surface area contributed by atoms with Gasteiger partial charge >= 0.3 is 0 Å². The highest BCUT2D eigenvalue weighted by molar-refractivity contribution is 5.82. The van der Waals surface area contributed by atoms with E-state index in [1.165, 1.54) is 12.8 Å². The lowest BCUT2D eigenvalue weighted by molar-refractivity contribution is -0.123. The number of fused-ring (bicyclic) bond motifs is 1. The molecule has 2 fully saturated rings. The van der Waals surface area contributed by atoms with Crippen molar-refractivity contribution in [2.24, 2.45) is 22.7 Å². The third-order valence-corrected chi connectivity index (χ3v) is 6.84. The van der Waals surface area contributed by atoms with Crippen molar-refractivity contribution in [2.75, 3.05) is 0 Å². The summed E-state index contributed by atoms with van der Waals surface area (Å²) in [5, 5.41) is 0. The topological polar surface area (TPSA) is 20.3 Å². The minimum atomic E-state index is 0.123. The van der Waals surface area contributed by atoms with Gasteiger partial charge in [-0.25, -0.2) is 0 Å². The van der Waals surface area contributed by atoms with Crippen LogP contribution in [0.2, 0.25) is 0 Å². The van der Waals surface area contributed by atoms with Crippen molar-refractivity contribution < 1.29 is 4.79 Å². The quantitative estimate of drug-likeness (QED) is 0.757.